The van der Waals surface area contributed by atoms with Crippen LogP contribution in [0.1, 0.15) is 20.8 Å². The summed E-state index contributed by atoms with van der Waals surface area (Å²) < 4.78 is 29.4. The van der Waals surface area contributed by atoms with E-state index in [1.54, 1.807) is 45.0 Å². The Bertz CT molecular complexity index is 519. The van der Waals surface area contributed by atoms with Crippen LogP contribution in [0.3, 0.4) is 0 Å². The quantitative estimate of drug-likeness (QED) is 0.439. The molecule has 0 saturated carbocycles. The van der Waals surface area contributed by atoms with E-state index >= 15 is 0 Å². The average molecular weight is 349 g/mol. The Balaban J connectivity index is 2.40. The molecule has 22 heavy (non-hydrogen) atoms. The molecule has 3 N–H and O–H groups in total. The third-order valence-electron chi connectivity index (χ3n) is 2.01. The van der Waals surface area contributed by atoms with Crippen LogP contribution in [0.5, 0.6) is 0 Å². The van der Waals surface area contributed by atoms with Gasteiger partial charge in [-0.2, -0.15) is 8.78 Å². The number of hydrogen-bond acceptors (Lipinski definition) is 4. The second-order valence-corrected chi connectivity index (χ2v) is 6.58. The number of rotatable bonds is 3. The monoisotopic (exact) mass is 349 g/mol. The summed E-state index contributed by atoms with van der Waals surface area (Å²) in [6.45, 7) is 5.21. The van der Waals surface area contributed by atoms with Gasteiger partial charge < -0.3 is 10.1 Å². The molecule has 0 fully saturated rings. The number of thiocarbonyl (C=S) groups is 1. The van der Waals surface area contributed by atoms with E-state index in [2.05, 4.69) is 16.2 Å². The Kier molecular flexibility index (Phi) is 6.82. The van der Waals surface area contributed by atoms with Crippen molar-refractivity contribution in [2.45, 2.75) is 37.0 Å². The molecular formula is C13H17F2N3O2S2. The number of thioether (sulfide) groups is 1. The number of carbonyl (C=O) groups is 1. The second kappa shape index (κ2) is 8.14. The molecule has 0 radical (unpaired) electrons. The Morgan fingerprint density at radius 2 is 1.82 bits per heavy atom. The summed E-state index contributed by atoms with van der Waals surface area (Å²) in [5.41, 5.74) is 4.74. The van der Waals surface area contributed by atoms with Gasteiger partial charge in [-0.1, -0.05) is 11.8 Å². The first-order valence-electron chi connectivity index (χ1n) is 6.26. The van der Waals surface area contributed by atoms with Crippen LogP contribution in [-0.2, 0) is 4.74 Å². The van der Waals surface area contributed by atoms with Crippen LogP contribution in [0.25, 0.3) is 0 Å². The molecule has 5 nitrogen and oxygen atoms in total. The molecule has 0 unspecified atom stereocenters. The van der Waals surface area contributed by atoms with Crippen molar-refractivity contribution in [1.29, 1.82) is 0 Å². The topological polar surface area (TPSA) is 62.4 Å². The van der Waals surface area contributed by atoms with Gasteiger partial charge in [-0.3, -0.25) is 5.43 Å². The zero-order chi connectivity index (χ0) is 16.8. The largest absolute Gasteiger partial charge is 0.443 e. The van der Waals surface area contributed by atoms with Crippen molar-refractivity contribution in [3.8, 4) is 0 Å². The first kappa shape index (κ1) is 18.4. The molecule has 0 aromatic heterocycles. The molecule has 0 aliphatic carbocycles. The Morgan fingerprint density at radius 1 is 1.23 bits per heavy atom. The fraction of sp³-hybridized carbons (Fsp3) is 0.385. The molecule has 1 amide bonds. The SMILES string of the molecule is CC(C)(C)OC(=O)NNC(=S)Nc1ccc(SC(F)F)cc1. The highest BCUT2D eigenvalue weighted by Crippen LogP contribution is 2.26. The first-order chi connectivity index (χ1) is 10.2. The smallest absolute Gasteiger partial charge is 0.426 e. The lowest BCUT2D eigenvalue weighted by molar-refractivity contribution is 0.0513. The Hall–Kier alpha value is -1.61. The maximum absolute atomic E-state index is 12.2. The van der Waals surface area contributed by atoms with Gasteiger partial charge in [0.15, 0.2) is 5.11 Å². The van der Waals surface area contributed by atoms with E-state index in [1.165, 1.54) is 0 Å². The highest BCUT2D eigenvalue weighted by molar-refractivity contribution is 7.99. The number of benzene rings is 1. The zero-order valence-electron chi connectivity index (χ0n) is 12.3. The van der Waals surface area contributed by atoms with E-state index in [-0.39, 0.29) is 5.11 Å². The van der Waals surface area contributed by atoms with Crippen molar-refractivity contribution in [1.82, 2.24) is 10.9 Å². The van der Waals surface area contributed by atoms with Crippen molar-refractivity contribution >= 4 is 40.9 Å². The van der Waals surface area contributed by atoms with Crippen LogP contribution < -0.4 is 16.2 Å². The van der Waals surface area contributed by atoms with E-state index in [0.29, 0.717) is 22.3 Å². The van der Waals surface area contributed by atoms with Crippen LogP contribution >= 0.6 is 24.0 Å². The normalized spacial score (nSPS) is 11.0. The van der Waals surface area contributed by atoms with Gasteiger partial charge in [0.2, 0.25) is 0 Å². The van der Waals surface area contributed by atoms with Gasteiger partial charge in [0.1, 0.15) is 5.60 Å². The van der Waals surface area contributed by atoms with Crippen molar-refractivity contribution in [2.24, 2.45) is 0 Å². The lowest BCUT2D eigenvalue weighted by atomic mass is 10.2. The molecule has 0 aliphatic heterocycles. The lowest BCUT2D eigenvalue weighted by Crippen LogP contribution is -2.45. The maximum atomic E-state index is 12.2. The molecule has 122 valence electrons. The molecule has 0 spiro atoms. The van der Waals surface area contributed by atoms with Crippen LogP contribution in [0.2, 0.25) is 0 Å². The van der Waals surface area contributed by atoms with Gasteiger partial charge in [-0.05, 0) is 57.3 Å². The highest BCUT2D eigenvalue weighted by atomic mass is 32.2. The van der Waals surface area contributed by atoms with E-state index in [4.69, 9.17) is 17.0 Å². The average Bonchev–Trinajstić information content (AvgIpc) is 2.36. The van der Waals surface area contributed by atoms with Gasteiger partial charge >= 0.3 is 6.09 Å². The van der Waals surface area contributed by atoms with E-state index in [1.807, 2.05) is 0 Å². The minimum absolute atomic E-state index is 0.139. The number of alkyl halides is 2. The number of carbonyl (C=O) groups excluding carboxylic acids is 1. The van der Waals surface area contributed by atoms with Gasteiger partial charge in [0.25, 0.3) is 5.76 Å². The van der Waals surface area contributed by atoms with Crippen LogP contribution in [-0.4, -0.2) is 22.6 Å². The minimum atomic E-state index is -2.46. The lowest BCUT2D eigenvalue weighted by Gasteiger charge is -2.20. The predicted octanol–water partition coefficient (Wildman–Crippen LogP) is 3.73. The molecule has 9 heteroatoms. The summed E-state index contributed by atoms with van der Waals surface area (Å²) in [7, 11) is 0. The van der Waals surface area contributed by atoms with Gasteiger partial charge in [0.05, 0.1) is 0 Å². The Labute approximate surface area is 137 Å². The number of hydrogen-bond donors (Lipinski definition) is 3. The molecule has 1 aromatic rings. The summed E-state index contributed by atoms with van der Waals surface area (Å²) in [5, 5.41) is 2.93. The van der Waals surface area contributed by atoms with E-state index in [9.17, 15) is 13.6 Å². The molecule has 1 rings (SSSR count). The first-order valence-corrected chi connectivity index (χ1v) is 7.55. The zero-order valence-corrected chi connectivity index (χ0v) is 13.9. The maximum Gasteiger partial charge on any atom is 0.426 e. The van der Waals surface area contributed by atoms with Gasteiger partial charge in [0, 0.05) is 10.6 Å². The second-order valence-electron chi connectivity index (χ2n) is 5.11. The fourth-order valence-electron chi connectivity index (χ4n) is 1.29. The molecule has 0 atom stereocenters. The third kappa shape index (κ3) is 7.99. The summed E-state index contributed by atoms with van der Waals surface area (Å²) >= 11 is 5.44. The molecule has 1 aromatic carbocycles. The number of hydrazine groups is 1. The predicted molar refractivity (Wildman–Crippen MR) is 87.0 cm³/mol. The highest BCUT2D eigenvalue weighted by Gasteiger charge is 2.15. The molecule has 0 bridgehead atoms. The number of halogens is 2. The summed E-state index contributed by atoms with van der Waals surface area (Å²) in [6, 6.07) is 6.30. The van der Waals surface area contributed by atoms with Crippen LogP contribution in [0.15, 0.2) is 29.2 Å². The van der Waals surface area contributed by atoms with Crippen molar-refractivity contribution in [2.75, 3.05) is 5.32 Å². The summed E-state index contributed by atoms with van der Waals surface area (Å²) in [4.78, 5) is 11.9. The number of nitrogens with one attached hydrogen (secondary N) is 3. The van der Waals surface area contributed by atoms with Crippen molar-refractivity contribution < 1.29 is 18.3 Å². The standard InChI is InChI=1S/C13H17F2N3O2S2/c1-13(2,3)20-12(19)18-17-11(21)16-8-4-6-9(7-5-8)22-10(14)15/h4-7,10H,1-3H3,(H,18,19)(H2,16,17,21). The minimum Gasteiger partial charge on any atom is -0.443 e. The van der Waals surface area contributed by atoms with Crippen molar-refractivity contribution in [3.63, 3.8) is 0 Å². The fourth-order valence-corrected chi connectivity index (χ4v) is 1.96. The van der Waals surface area contributed by atoms with Crippen LogP contribution in [0.4, 0.5) is 19.3 Å². The molecule has 0 aliphatic rings. The summed E-state index contributed by atoms with van der Waals surface area (Å²) in [5.74, 6) is -2.46. The third-order valence-corrected chi connectivity index (χ3v) is 2.94. The van der Waals surface area contributed by atoms with Crippen LogP contribution in [0, 0.1) is 0 Å². The number of amides is 1. The number of ether oxygens (including phenoxy) is 1. The van der Waals surface area contributed by atoms with E-state index in [0.717, 1.165) is 0 Å². The summed E-state index contributed by atoms with van der Waals surface area (Å²) in [6.07, 6.45) is -0.666. The molecular weight excluding hydrogens is 332 g/mol. The van der Waals surface area contributed by atoms with Gasteiger partial charge in [-0.25, -0.2) is 10.2 Å². The Morgan fingerprint density at radius 3 is 2.32 bits per heavy atom. The molecule has 0 heterocycles. The van der Waals surface area contributed by atoms with E-state index < -0.39 is 17.5 Å². The van der Waals surface area contributed by atoms with Crippen molar-refractivity contribution in [3.05, 3.63) is 24.3 Å². The number of anilines is 1. The molecule has 0 saturated heterocycles. The van der Waals surface area contributed by atoms with Gasteiger partial charge in [-0.15, -0.1) is 0 Å².